The van der Waals surface area contributed by atoms with E-state index in [2.05, 4.69) is 39.8 Å². The number of para-hydroxylation sites is 1. The Morgan fingerprint density at radius 1 is 1.12 bits per heavy atom. The minimum atomic E-state index is -0.325. The SMILES string of the molecule is CC(NC(=S)Nc1ccccc1F)c1ccc(N2CCOCC2)cc1. The summed E-state index contributed by atoms with van der Waals surface area (Å²) >= 11 is 5.29. The second kappa shape index (κ2) is 8.27. The molecule has 1 aliphatic rings. The van der Waals surface area contributed by atoms with E-state index in [1.807, 2.05) is 6.92 Å². The summed E-state index contributed by atoms with van der Waals surface area (Å²) in [4.78, 5) is 2.32. The highest BCUT2D eigenvalue weighted by atomic mass is 32.1. The van der Waals surface area contributed by atoms with Gasteiger partial charge in [-0.25, -0.2) is 4.39 Å². The predicted molar refractivity (Wildman–Crippen MR) is 104 cm³/mol. The van der Waals surface area contributed by atoms with Gasteiger partial charge in [-0.1, -0.05) is 24.3 Å². The lowest BCUT2D eigenvalue weighted by Crippen LogP contribution is -2.36. The fraction of sp³-hybridized carbons (Fsp3) is 0.316. The van der Waals surface area contributed by atoms with Crippen molar-refractivity contribution in [3.05, 3.63) is 59.9 Å². The van der Waals surface area contributed by atoms with Gasteiger partial charge >= 0.3 is 0 Å². The number of nitrogens with one attached hydrogen (secondary N) is 2. The molecule has 1 unspecified atom stereocenters. The van der Waals surface area contributed by atoms with Gasteiger partial charge < -0.3 is 20.3 Å². The molecule has 2 N–H and O–H groups in total. The number of morpholine rings is 1. The Labute approximate surface area is 153 Å². The number of thiocarbonyl (C=S) groups is 1. The molecule has 0 amide bonds. The van der Waals surface area contributed by atoms with Gasteiger partial charge in [0.25, 0.3) is 0 Å². The zero-order valence-corrected chi connectivity index (χ0v) is 15.0. The zero-order chi connectivity index (χ0) is 17.6. The highest BCUT2D eigenvalue weighted by molar-refractivity contribution is 7.80. The van der Waals surface area contributed by atoms with Crippen molar-refractivity contribution in [2.24, 2.45) is 0 Å². The first-order valence-electron chi connectivity index (χ1n) is 8.38. The smallest absolute Gasteiger partial charge is 0.171 e. The number of rotatable bonds is 4. The number of ether oxygens (including phenoxy) is 1. The average Bonchev–Trinajstić information content (AvgIpc) is 2.64. The van der Waals surface area contributed by atoms with Crippen LogP contribution in [0.1, 0.15) is 18.5 Å². The second-order valence-corrected chi connectivity index (χ2v) is 6.40. The summed E-state index contributed by atoms with van der Waals surface area (Å²) in [5.74, 6) is -0.325. The maximum Gasteiger partial charge on any atom is 0.171 e. The third-order valence-corrected chi connectivity index (χ3v) is 4.46. The van der Waals surface area contributed by atoms with E-state index in [1.54, 1.807) is 18.2 Å². The Morgan fingerprint density at radius 2 is 1.80 bits per heavy atom. The normalized spacial score (nSPS) is 15.5. The van der Waals surface area contributed by atoms with Crippen molar-refractivity contribution in [2.45, 2.75) is 13.0 Å². The molecule has 0 bridgehead atoms. The van der Waals surface area contributed by atoms with Crippen LogP contribution in [0.25, 0.3) is 0 Å². The first-order chi connectivity index (χ1) is 12.1. The van der Waals surface area contributed by atoms with Crippen molar-refractivity contribution in [1.29, 1.82) is 0 Å². The molecule has 1 aliphatic heterocycles. The Balaban J connectivity index is 1.58. The second-order valence-electron chi connectivity index (χ2n) is 5.99. The summed E-state index contributed by atoms with van der Waals surface area (Å²) in [6.07, 6.45) is 0. The largest absolute Gasteiger partial charge is 0.378 e. The van der Waals surface area contributed by atoms with Gasteiger partial charge in [0.05, 0.1) is 24.9 Å². The summed E-state index contributed by atoms with van der Waals surface area (Å²) < 4.78 is 19.1. The topological polar surface area (TPSA) is 36.5 Å². The molecule has 2 aromatic carbocycles. The fourth-order valence-corrected chi connectivity index (χ4v) is 3.08. The zero-order valence-electron chi connectivity index (χ0n) is 14.2. The van der Waals surface area contributed by atoms with Crippen molar-refractivity contribution < 1.29 is 9.13 Å². The van der Waals surface area contributed by atoms with Gasteiger partial charge in [-0.3, -0.25) is 0 Å². The molecule has 0 spiro atoms. The standard InChI is InChI=1S/C19H22FN3OS/c1-14(21-19(25)22-18-5-3-2-4-17(18)20)15-6-8-16(9-7-15)23-10-12-24-13-11-23/h2-9,14H,10-13H2,1H3,(H2,21,22,25). The van der Waals surface area contributed by atoms with E-state index in [-0.39, 0.29) is 11.9 Å². The number of hydrogen-bond acceptors (Lipinski definition) is 3. The van der Waals surface area contributed by atoms with Crippen molar-refractivity contribution in [2.75, 3.05) is 36.5 Å². The van der Waals surface area contributed by atoms with E-state index >= 15 is 0 Å². The van der Waals surface area contributed by atoms with Crippen molar-refractivity contribution >= 4 is 28.7 Å². The lowest BCUT2D eigenvalue weighted by atomic mass is 10.1. The molecule has 6 heteroatoms. The number of benzene rings is 2. The summed E-state index contributed by atoms with van der Waals surface area (Å²) in [7, 11) is 0. The molecule has 1 heterocycles. The van der Waals surface area contributed by atoms with Crippen LogP contribution in [0.3, 0.4) is 0 Å². The molecule has 1 atom stereocenters. The van der Waals surface area contributed by atoms with Gasteiger partial charge in [0.15, 0.2) is 5.11 Å². The van der Waals surface area contributed by atoms with Crippen LogP contribution in [0, 0.1) is 5.82 Å². The summed E-state index contributed by atoms with van der Waals surface area (Å²) in [6, 6.07) is 14.9. The van der Waals surface area contributed by atoms with E-state index in [0.29, 0.717) is 10.8 Å². The highest BCUT2D eigenvalue weighted by Crippen LogP contribution is 2.20. The molecule has 0 saturated carbocycles. The molecule has 1 saturated heterocycles. The number of nitrogens with zero attached hydrogens (tertiary/aromatic N) is 1. The fourth-order valence-electron chi connectivity index (χ4n) is 2.80. The van der Waals surface area contributed by atoms with E-state index < -0.39 is 0 Å². The maximum atomic E-state index is 13.7. The van der Waals surface area contributed by atoms with Gasteiger partial charge in [-0.2, -0.15) is 0 Å². The third kappa shape index (κ3) is 4.67. The van der Waals surface area contributed by atoms with Crippen LogP contribution in [0.4, 0.5) is 15.8 Å². The van der Waals surface area contributed by atoms with Gasteiger partial charge in [0, 0.05) is 18.8 Å². The Kier molecular flexibility index (Phi) is 5.83. The molecule has 3 rings (SSSR count). The lowest BCUT2D eigenvalue weighted by Gasteiger charge is -2.29. The van der Waals surface area contributed by atoms with Crippen molar-refractivity contribution in [1.82, 2.24) is 5.32 Å². The first kappa shape index (κ1) is 17.6. The van der Waals surface area contributed by atoms with Crippen LogP contribution in [0.15, 0.2) is 48.5 Å². The van der Waals surface area contributed by atoms with Crippen LogP contribution < -0.4 is 15.5 Å². The van der Waals surface area contributed by atoms with Crippen LogP contribution in [-0.4, -0.2) is 31.4 Å². The molecule has 25 heavy (non-hydrogen) atoms. The minimum absolute atomic E-state index is 0.0190. The van der Waals surface area contributed by atoms with Gasteiger partial charge in [-0.15, -0.1) is 0 Å². The highest BCUT2D eigenvalue weighted by Gasteiger charge is 2.13. The number of halogens is 1. The molecule has 0 aromatic heterocycles. The summed E-state index contributed by atoms with van der Waals surface area (Å²) in [5.41, 5.74) is 2.69. The quantitative estimate of drug-likeness (QED) is 0.814. The van der Waals surface area contributed by atoms with E-state index in [0.717, 1.165) is 31.9 Å². The Bertz CT molecular complexity index is 717. The summed E-state index contributed by atoms with van der Waals surface area (Å²) in [6.45, 7) is 5.41. The summed E-state index contributed by atoms with van der Waals surface area (Å²) in [5, 5.41) is 6.49. The van der Waals surface area contributed by atoms with Crippen molar-refractivity contribution in [3.8, 4) is 0 Å². The van der Waals surface area contributed by atoms with E-state index in [4.69, 9.17) is 17.0 Å². The monoisotopic (exact) mass is 359 g/mol. The third-order valence-electron chi connectivity index (χ3n) is 4.24. The number of anilines is 2. The van der Waals surface area contributed by atoms with Crippen LogP contribution >= 0.6 is 12.2 Å². The average molecular weight is 359 g/mol. The Hall–Kier alpha value is -2.18. The molecule has 1 fully saturated rings. The van der Waals surface area contributed by atoms with Gasteiger partial charge in [0.1, 0.15) is 5.82 Å². The molecule has 132 valence electrons. The Morgan fingerprint density at radius 3 is 2.48 bits per heavy atom. The minimum Gasteiger partial charge on any atom is -0.378 e. The molecular formula is C19H22FN3OS. The van der Waals surface area contributed by atoms with Crippen molar-refractivity contribution in [3.63, 3.8) is 0 Å². The predicted octanol–water partition coefficient (Wildman–Crippen LogP) is 3.71. The molecular weight excluding hydrogens is 337 g/mol. The number of hydrogen-bond donors (Lipinski definition) is 2. The molecule has 4 nitrogen and oxygen atoms in total. The molecule has 0 radical (unpaired) electrons. The van der Waals surface area contributed by atoms with Crippen LogP contribution in [0.5, 0.6) is 0 Å². The van der Waals surface area contributed by atoms with Gasteiger partial charge in [0.2, 0.25) is 0 Å². The van der Waals surface area contributed by atoms with E-state index in [9.17, 15) is 4.39 Å². The van der Waals surface area contributed by atoms with Gasteiger partial charge in [-0.05, 0) is 49.0 Å². The van der Waals surface area contributed by atoms with E-state index in [1.165, 1.54) is 11.8 Å². The molecule has 2 aromatic rings. The maximum absolute atomic E-state index is 13.7. The lowest BCUT2D eigenvalue weighted by molar-refractivity contribution is 0.122. The van der Waals surface area contributed by atoms with Crippen LogP contribution in [-0.2, 0) is 4.74 Å². The first-order valence-corrected chi connectivity index (χ1v) is 8.79. The molecule has 0 aliphatic carbocycles. The van der Waals surface area contributed by atoms with Crippen LogP contribution in [0.2, 0.25) is 0 Å².